The number of nitriles is 1. The molecular formula is CHFeKNNaO3S. The van der Waals surface area contributed by atoms with E-state index in [-0.39, 0.29) is 80.9 Å². The number of thiol groups is 1. The zero-order valence-electron chi connectivity index (χ0n) is 4.97. The van der Waals surface area contributed by atoms with Crippen LogP contribution in [-0.4, -0.2) is 13.3 Å². The van der Waals surface area contributed by atoms with Crippen molar-refractivity contribution in [2.45, 2.75) is 0 Å². The van der Waals surface area contributed by atoms with E-state index < -0.39 is 22.7 Å². The second-order valence-corrected chi connectivity index (χ2v) is 4.37. The van der Waals surface area contributed by atoms with Gasteiger partial charge >= 0.3 is 127 Å². The molecule has 0 aliphatic rings. The Kier molecular flexibility index (Phi) is 17.3. The van der Waals surface area contributed by atoms with E-state index in [1.807, 2.05) is 0 Å². The standard InChI is InChI=1S/CN.Fe.K.Na.HO3S/c1-2;;;;1-4(2)3/h;;;;4H/q;;2*+1;-2. The Morgan fingerprint density at radius 2 is 1.89 bits per heavy atom. The zero-order valence-corrected chi connectivity index (χ0v) is 12.1. The Morgan fingerprint density at radius 1 is 1.56 bits per heavy atom. The molecule has 0 amide bonds. The summed E-state index contributed by atoms with van der Waals surface area (Å²) in [6.45, 7) is 0. The first kappa shape index (κ1) is 17.7. The summed E-state index contributed by atoms with van der Waals surface area (Å²) in [5.41, 5.74) is 0. The molecule has 0 aliphatic heterocycles. The average molecular weight is 225 g/mol. The van der Waals surface area contributed by atoms with Gasteiger partial charge in [-0.3, -0.25) is 0 Å². The molecule has 0 heterocycles. The third-order valence-electron chi connectivity index (χ3n) is 0.132. The molecule has 0 aliphatic carbocycles. The van der Waals surface area contributed by atoms with Crippen LogP contribution in [0.1, 0.15) is 0 Å². The predicted molar refractivity (Wildman–Crippen MR) is 16.7 cm³/mol. The molecule has 0 atom stereocenters. The molecule has 0 saturated heterocycles. The van der Waals surface area contributed by atoms with Crippen molar-refractivity contribution in [2.24, 2.45) is 0 Å². The molecule has 0 N–H and O–H groups in total. The maximum atomic E-state index is 9.48. The van der Waals surface area contributed by atoms with E-state index >= 15 is 0 Å². The summed E-state index contributed by atoms with van der Waals surface area (Å²) in [7, 11) is -4.53. The van der Waals surface area contributed by atoms with Gasteiger partial charge in [0.1, 0.15) is 0 Å². The van der Waals surface area contributed by atoms with Gasteiger partial charge in [-0.25, -0.2) is 0 Å². The Bertz CT molecular complexity index is 141. The Balaban J connectivity index is -0.000000180. The first-order valence-electron chi connectivity index (χ1n) is 1.11. The maximum absolute atomic E-state index is 9.48. The molecule has 0 fully saturated rings. The smallest absolute Gasteiger partial charge is 1.00 e. The Morgan fingerprint density at radius 3 is 1.89 bits per heavy atom. The summed E-state index contributed by atoms with van der Waals surface area (Å²) < 4.78 is 28.4. The monoisotopic (exact) mass is 225 g/mol. The van der Waals surface area contributed by atoms with Crippen molar-refractivity contribution in [1.29, 1.82) is 5.26 Å². The molecule has 0 radical (unpaired) electrons. The molecule has 0 bridgehead atoms. The van der Waals surface area contributed by atoms with Crippen LogP contribution in [0.15, 0.2) is 0 Å². The van der Waals surface area contributed by atoms with E-state index in [1.54, 1.807) is 0 Å². The molecule has 4 nitrogen and oxygen atoms in total. The van der Waals surface area contributed by atoms with Crippen LogP contribution in [0, 0.1) is 10.2 Å². The minimum absolute atomic E-state index is 0. The predicted octanol–water partition coefficient (Wildman–Crippen LogP) is -7.25. The minimum atomic E-state index is -4.53. The molecule has 0 saturated carbocycles. The van der Waals surface area contributed by atoms with Crippen LogP contribution in [0.2, 0.25) is 0 Å². The van der Waals surface area contributed by atoms with E-state index in [4.69, 9.17) is 5.26 Å². The van der Waals surface area contributed by atoms with Crippen LogP contribution in [0.5, 0.6) is 0 Å². The summed E-state index contributed by atoms with van der Waals surface area (Å²) in [4.78, 5) is 1.22. The molecule has 9 heavy (non-hydrogen) atoms. The van der Waals surface area contributed by atoms with E-state index in [1.165, 1.54) is 4.97 Å². The van der Waals surface area contributed by atoms with Gasteiger partial charge in [0.25, 0.3) is 0 Å². The van der Waals surface area contributed by atoms with Crippen LogP contribution >= 0.6 is 0 Å². The van der Waals surface area contributed by atoms with Crippen molar-refractivity contribution in [2.75, 3.05) is 0 Å². The fourth-order valence-corrected chi connectivity index (χ4v) is 0.536. The Hall–Kier alpha value is 2.72. The minimum Gasteiger partial charge on any atom is 1.00 e. The molecular weight excluding hydrogens is 224 g/mol. The van der Waals surface area contributed by atoms with Gasteiger partial charge in [0.2, 0.25) is 0 Å². The SMILES string of the molecule is N#[C][Fe][SH](=O)([O-])[O-].[K+].[Na+]. The summed E-state index contributed by atoms with van der Waals surface area (Å²) in [6, 6.07) is 0. The van der Waals surface area contributed by atoms with Gasteiger partial charge in [-0.05, 0) is 0 Å². The number of rotatable bonds is 1. The molecule has 0 aromatic rings. The number of nitrogens with zero attached hydrogens (tertiary/aromatic N) is 1. The van der Waals surface area contributed by atoms with E-state index in [2.05, 4.69) is 0 Å². The number of hydrogen-bond acceptors (Lipinski definition) is 4. The summed E-state index contributed by atoms with van der Waals surface area (Å²) in [6.07, 6.45) is 0. The van der Waals surface area contributed by atoms with Gasteiger partial charge in [0, 0.05) is 0 Å². The third kappa shape index (κ3) is 18.0. The van der Waals surface area contributed by atoms with Gasteiger partial charge in [-0.1, -0.05) is 0 Å². The fourth-order valence-electron chi connectivity index (χ4n) is 0.0433. The van der Waals surface area contributed by atoms with Crippen LogP contribution in [0.4, 0.5) is 0 Å². The van der Waals surface area contributed by atoms with Crippen molar-refractivity contribution in [3.8, 4) is 4.97 Å². The zero-order chi connectivity index (χ0) is 5.91. The van der Waals surface area contributed by atoms with Crippen LogP contribution in [0.3, 0.4) is 0 Å². The summed E-state index contributed by atoms with van der Waals surface area (Å²) in [5.74, 6) is 0. The van der Waals surface area contributed by atoms with Crippen molar-refractivity contribution < 1.29 is 108 Å². The molecule has 0 rings (SSSR count). The quantitative estimate of drug-likeness (QED) is 0.355. The Labute approximate surface area is 124 Å². The molecule has 0 spiro atoms. The average Bonchev–Trinajstić information content (AvgIpc) is 1.30. The van der Waals surface area contributed by atoms with Gasteiger partial charge in [0.15, 0.2) is 0 Å². The van der Waals surface area contributed by atoms with Gasteiger partial charge in [-0.2, -0.15) is 0 Å². The van der Waals surface area contributed by atoms with Crippen molar-refractivity contribution >= 4 is 8.91 Å². The normalized spacial score (nSPS) is 10.3. The summed E-state index contributed by atoms with van der Waals surface area (Å²) >= 11 is -0.910. The van der Waals surface area contributed by atoms with Gasteiger partial charge < -0.3 is 0 Å². The summed E-state index contributed by atoms with van der Waals surface area (Å²) in [5, 5.41) is 7.58. The molecule has 0 aromatic heterocycles. The first-order chi connectivity index (χ1) is 3.06. The second-order valence-electron chi connectivity index (χ2n) is 0.575. The van der Waals surface area contributed by atoms with Gasteiger partial charge in [0.05, 0.1) is 0 Å². The van der Waals surface area contributed by atoms with Crippen molar-refractivity contribution in [3.05, 3.63) is 0 Å². The van der Waals surface area contributed by atoms with Crippen LogP contribution in [-0.2, 0) is 22.7 Å². The first-order valence-corrected chi connectivity index (χ1v) is 4.55. The van der Waals surface area contributed by atoms with Crippen molar-refractivity contribution in [3.63, 3.8) is 0 Å². The largest absolute Gasteiger partial charge is 1.00 e. The molecule has 44 valence electrons. The molecule has 0 unspecified atom stereocenters. The van der Waals surface area contributed by atoms with Crippen LogP contribution in [0.25, 0.3) is 0 Å². The van der Waals surface area contributed by atoms with Gasteiger partial charge in [-0.15, -0.1) is 0 Å². The van der Waals surface area contributed by atoms with E-state index in [9.17, 15) is 13.3 Å². The fraction of sp³-hybridized carbons (Fsp3) is 0. The molecule has 0 aromatic carbocycles. The van der Waals surface area contributed by atoms with Crippen molar-refractivity contribution in [1.82, 2.24) is 0 Å². The topological polar surface area (TPSA) is 87.0 Å². The van der Waals surface area contributed by atoms with Crippen LogP contribution < -0.4 is 80.9 Å². The molecule has 8 heteroatoms. The van der Waals surface area contributed by atoms with E-state index in [0.29, 0.717) is 0 Å². The number of hydrogen-bond donors (Lipinski definition) is 1. The van der Waals surface area contributed by atoms with E-state index in [0.717, 1.165) is 0 Å². The maximum Gasteiger partial charge on any atom is 1.00 e. The third-order valence-corrected chi connectivity index (χ3v) is 1.63. The second kappa shape index (κ2) is 8.81.